The van der Waals surface area contributed by atoms with E-state index in [0.717, 1.165) is 10.9 Å². The number of carbonyl (C=O) groups excluding carboxylic acids is 1. The van der Waals surface area contributed by atoms with Gasteiger partial charge in [-0.05, 0) is 59.7 Å². The van der Waals surface area contributed by atoms with Crippen LogP contribution < -0.4 is 4.74 Å². The van der Waals surface area contributed by atoms with Gasteiger partial charge in [0, 0.05) is 17.6 Å². The summed E-state index contributed by atoms with van der Waals surface area (Å²) >= 11 is 0. The van der Waals surface area contributed by atoms with E-state index in [1.54, 1.807) is 6.20 Å². The van der Waals surface area contributed by atoms with Crippen LogP contribution in [-0.2, 0) is 9.47 Å². The molecule has 1 aromatic carbocycles. The predicted octanol–water partition coefficient (Wildman–Crippen LogP) is 4.58. The van der Waals surface area contributed by atoms with E-state index in [1.165, 1.54) is 4.57 Å². The summed E-state index contributed by atoms with van der Waals surface area (Å²) in [6.45, 7) is 11.6. The molecule has 0 N–H and O–H groups in total. The number of carbonyl (C=O) groups is 1. The first-order valence-electron chi connectivity index (χ1n) is 7.66. The summed E-state index contributed by atoms with van der Waals surface area (Å²) in [5.74, 6) is 0.644. The van der Waals surface area contributed by atoms with Crippen molar-refractivity contribution in [3.63, 3.8) is 0 Å². The quantitative estimate of drug-likeness (QED) is 0.777. The molecule has 0 radical (unpaired) electrons. The first-order valence-corrected chi connectivity index (χ1v) is 7.66. The Bertz CT molecular complexity index is 689. The monoisotopic (exact) mass is 319 g/mol. The van der Waals surface area contributed by atoms with Crippen molar-refractivity contribution in [2.24, 2.45) is 0 Å². The summed E-state index contributed by atoms with van der Waals surface area (Å²) in [5.41, 5.74) is -0.0593. The molecule has 1 heterocycles. The van der Waals surface area contributed by atoms with Crippen molar-refractivity contribution in [2.75, 3.05) is 6.79 Å². The van der Waals surface area contributed by atoms with E-state index >= 15 is 0 Å². The van der Waals surface area contributed by atoms with Crippen LogP contribution in [0.25, 0.3) is 10.9 Å². The van der Waals surface area contributed by atoms with Gasteiger partial charge in [-0.1, -0.05) is 0 Å². The summed E-state index contributed by atoms with van der Waals surface area (Å²) in [6.07, 6.45) is 1.30. The van der Waals surface area contributed by atoms with E-state index in [0.29, 0.717) is 5.75 Å². The smallest absolute Gasteiger partial charge is 0.418 e. The fourth-order valence-corrected chi connectivity index (χ4v) is 1.94. The lowest BCUT2D eigenvalue weighted by Crippen LogP contribution is -2.26. The second kappa shape index (κ2) is 6.24. The van der Waals surface area contributed by atoms with E-state index in [1.807, 2.05) is 65.8 Å². The van der Waals surface area contributed by atoms with Gasteiger partial charge in [-0.3, -0.25) is 4.57 Å². The molecule has 0 atom stereocenters. The first kappa shape index (κ1) is 17.3. The molecule has 2 aromatic rings. The Morgan fingerprint density at radius 2 is 1.74 bits per heavy atom. The molecule has 0 bridgehead atoms. The van der Waals surface area contributed by atoms with Crippen LogP contribution in [0.2, 0.25) is 0 Å². The number of rotatable bonds is 3. The van der Waals surface area contributed by atoms with Crippen molar-refractivity contribution in [1.29, 1.82) is 0 Å². The third kappa shape index (κ3) is 4.99. The maximum atomic E-state index is 12.3. The molecule has 0 aliphatic rings. The van der Waals surface area contributed by atoms with Crippen LogP contribution in [0.1, 0.15) is 41.5 Å². The minimum Gasteiger partial charge on any atom is -0.467 e. The van der Waals surface area contributed by atoms with Crippen molar-refractivity contribution in [3.05, 3.63) is 30.5 Å². The predicted molar refractivity (Wildman–Crippen MR) is 89.9 cm³/mol. The van der Waals surface area contributed by atoms with Gasteiger partial charge in [-0.15, -0.1) is 0 Å². The number of aromatic nitrogens is 1. The summed E-state index contributed by atoms with van der Waals surface area (Å²) in [6, 6.07) is 7.44. The maximum absolute atomic E-state index is 12.3. The third-order valence-electron chi connectivity index (χ3n) is 2.97. The highest BCUT2D eigenvalue weighted by molar-refractivity contribution is 5.90. The molecule has 0 saturated carbocycles. The van der Waals surface area contributed by atoms with Gasteiger partial charge < -0.3 is 14.2 Å². The average Bonchev–Trinajstić information content (AvgIpc) is 2.78. The fourth-order valence-electron chi connectivity index (χ4n) is 1.94. The molecule has 5 heteroatoms. The molecule has 0 aliphatic heterocycles. The summed E-state index contributed by atoms with van der Waals surface area (Å²) in [4.78, 5) is 12.3. The van der Waals surface area contributed by atoms with Gasteiger partial charge in [0.25, 0.3) is 0 Å². The molecule has 1 aromatic heterocycles. The largest absolute Gasteiger partial charge is 0.467 e. The Labute approximate surface area is 137 Å². The molecular weight excluding hydrogens is 294 g/mol. The normalized spacial score (nSPS) is 12.4. The van der Waals surface area contributed by atoms with Gasteiger partial charge in [-0.2, -0.15) is 0 Å². The molecule has 5 nitrogen and oxygen atoms in total. The van der Waals surface area contributed by atoms with Crippen molar-refractivity contribution in [1.82, 2.24) is 4.57 Å². The first-order chi connectivity index (χ1) is 10.6. The molecular formula is C18H25NO4. The Morgan fingerprint density at radius 1 is 1.04 bits per heavy atom. The summed E-state index contributed by atoms with van der Waals surface area (Å²) in [5, 5.41) is 0.944. The van der Waals surface area contributed by atoms with Crippen molar-refractivity contribution >= 4 is 17.0 Å². The Morgan fingerprint density at radius 3 is 2.35 bits per heavy atom. The lowest BCUT2D eigenvalue weighted by molar-refractivity contribution is -0.0758. The highest BCUT2D eigenvalue weighted by Crippen LogP contribution is 2.23. The molecule has 0 fully saturated rings. The number of hydrogen-bond acceptors (Lipinski definition) is 4. The van der Waals surface area contributed by atoms with E-state index in [-0.39, 0.29) is 12.4 Å². The fraction of sp³-hybridized carbons (Fsp3) is 0.500. The summed E-state index contributed by atoms with van der Waals surface area (Å²) in [7, 11) is 0. The van der Waals surface area contributed by atoms with Crippen LogP contribution in [0.15, 0.2) is 30.5 Å². The average molecular weight is 319 g/mol. The SMILES string of the molecule is CC(C)(C)OCOc1ccc2ccn(C(=O)OC(C)(C)C)c2c1. The van der Waals surface area contributed by atoms with Gasteiger partial charge >= 0.3 is 6.09 Å². The molecule has 0 amide bonds. The molecule has 23 heavy (non-hydrogen) atoms. The molecule has 126 valence electrons. The van der Waals surface area contributed by atoms with Gasteiger partial charge in [0.15, 0.2) is 6.79 Å². The standard InChI is InChI=1S/C18H25NO4/c1-17(2,3)22-12-21-14-8-7-13-9-10-19(15(13)11-14)16(20)23-18(4,5)6/h7-11H,12H2,1-6H3. The highest BCUT2D eigenvalue weighted by Gasteiger charge is 2.19. The molecule has 2 rings (SSSR count). The zero-order valence-electron chi connectivity index (χ0n) is 14.7. The van der Waals surface area contributed by atoms with E-state index in [9.17, 15) is 4.79 Å². The second-order valence-corrected chi connectivity index (χ2v) is 7.41. The minimum atomic E-state index is -0.539. The molecule has 0 aliphatic carbocycles. The molecule has 0 spiro atoms. The van der Waals surface area contributed by atoms with E-state index in [4.69, 9.17) is 14.2 Å². The zero-order valence-corrected chi connectivity index (χ0v) is 14.7. The van der Waals surface area contributed by atoms with Crippen molar-refractivity contribution in [2.45, 2.75) is 52.7 Å². The number of fused-ring (bicyclic) bond motifs is 1. The Hall–Kier alpha value is -2.01. The van der Waals surface area contributed by atoms with Crippen LogP contribution in [0.4, 0.5) is 4.79 Å². The van der Waals surface area contributed by atoms with Gasteiger partial charge in [0.2, 0.25) is 0 Å². The van der Waals surface area contributed by atoms with E-state index in [2.05, 4.69) is 0 Å². The highest BCUT2D eigenvalue weighted by atomic mass is 16.7. The summed E-state index contributed by atoms with van der Waals surface area (Å²) < 4.78 is 18.1. The van der Waals surface area contributed by atoms with Gasteiger partial charge in [0.05, 0.1) is 11.1 Å². The maximum Gasteiger partial charge on any atom is 0.418 e. The lowest BCUT2D eigenvalue weighted by Gasteiger charge is -2.20. The van der Waals surface area contributed by atoms with Crippen molar-refractivity contribution in [3.8, 4) is 5.75 Å². The van der Waals surface area contributed by atoms with Crippen molar-refractivity contribution < 1.29 is 19.0 Å². The molecule has 0 saturated heterocycles. The van der Waals surface area contributed by atoms with Gasteiger partial charge in [0.1, 0.15) is 11.4 Å². The number of ether oxygens (including phenoxy) is 3. The lowest BCUT2D eigenvalue weighted by atomic mass is 10.2. The van der Waals surface area contributed by atoms with Crippen LogP contribution in [0.5, 0.6) is 5.75 Å². The van der Waals surface area contributed by atoms with Crippen LogP contribution in [0.3, 0.4) is 0 Å². The number of benzene rings is 1. The zero-order chi connectivity index (χ0) is 17.3. The van der Waals surface area contributed by atoms with Crippen LogP contribution >= 0.6 is 0 Å². The minimum absolute atomic E-state index is 0.155. The number of nitrogens with zero attached hydrogens (tertiary/aromatic N) is 1. The third-order valence-corrected chi connectivity index (χ3v) is 2.97. The Kier molecular flexibility index (Phi) is 4.71. The molecule has 0 unspecified atom stereocenters. The second-order valence-electron chi connectivity index (χ2n) is 7.41. The number of hydrogen-bond donors (Lipinski definition) is 0. The van der Waals surface area contributed by atoms with Gasteiger partial charge in [-0.25, -0.2) is 4.79 Å². The van der Waals surface area contributed by atoms with E-state index < -0.39 is 11.7 Å². The topological polar surface area (TPSA) is 49.7 Å². The Balaban J connectivity index is 2.18. The van der Waals surface area contributed by atoms with Crippen LogP contribution in [-0.4, -0.2) is 28.7 Å². The van der Waals surface area contributed by atoms with Crippen LogP contribution in [0, 0.1) is 0 Å².